The molecule has 0 spiro atoms. The third-order valence-electron chi connectivity index (χ3n) is 3.81. The smallest absolute Gasteiger partial charge is 0.257 e. The number of rotatable bonds is 3. The van der Waals surface area contributed by atoms with E-state index in [1.54, 1.807) is 11.9 Å². The summed E-state index contributed by atoms with van der Waals surface area (Å²) in [5.41, 5.74) is 0.0847. The van der Waals surface area contributed by atoms with E-state index in [1.807, 2.05) is 0 Å². The Hall–Kier alpha value is -1.69. The van der Waals surface area contributed by atoms with E-state index in [-0.39, 0.29) is 17.3 Å². The summed E-state index contributed by atoms with van der Waals surface area (Å²) in [5, 5.41) is 2.65. The number of halogens is 1. The molecule has 2 heterocycles. The number of aromatic nitrogens is 1. The van der Waals surface area contributed by atoms with Crippen molar-refractivity contribution in [2.24, 2.45) is 0 Å². The SMILES string of the molecule is CCN1CCN(C(=O)c2ccnc(NC)c2F)CC1C. The summed E-state index contributed by atoms with van der Waals surface area (Å²) in [4.78, 5) is 20.3. The fourth-order valence-corrected chi connectivity index (χ4v) is 2.60. The molecule has 1 aliphatic heterocycles. The Morgan fingerprint density at radius 1 is 1.55 bits per heavy atom. The maximum Gasteiger partial charge on any atom is 0.257 e. The van der Waals surface area contributed by atoms with Crippen LogP contribution in [0.5, 0.6) is 0 Å². The summed E-state index contributed by atoms with van der Waals surface area (Å²) < 4.78 is 14.1. The van der Waals surface area contributed by atoms with Crippen LogP contribution in [0.15, 0.2) is 12.3 Å². The summed E-state index contributed by atoms with van der Waals surface area (Å²) in [6.07, 6.45) is 1.45. The second-order valence-corrected chi connectivity index (χ2v) is 5.00. The maximum atomic E-state index is 14.1. The summed E-state index contributed by atoms with van der Waals surface area (Å²) in [5.74, 6) is -0.731. The van der Waals surface area contributed by atoms with Crippen LogP contribution in [0.25, 0.3) is 0 Å². The van der Waals surface area contributed by atoms with Gasteiger partial charge in [0.15, 0.2) is 11.6 Å². The van der Waals surface area contributed by atoms with Gasteiger partial charge in [-0.2, -0.15) is 0 Å². The van der Waals surface area contributed by atoms with Crippen LogP contribution in [0, 0.1) is 5.82 Å². The summed E-state index contributed by atoms with van der Waals surface area (Å²) in [7, 11) is 1.59. The normalized spacial score (nSPS) is 20.0. The first-order chi connectivity index (χ1) is 9.58. The van der Waals surface area contributed by atoms with Crippen molar-refractivity contribution in [2.45, 2.75) is 19.9 Å². The first-order valence-electron chi connectivity index (χ1n) is 6.94. The van der Waals surface area contributed by atoms with E-state index < -0.39 is 5.82 Å². The molecule has 20 heavy (non-hydrogen) atoms. The highest BCUT2D eigenvalue weighted by atomic mass is 19.1. The molecule has 1 amide bonds. The van der Waals surface area contributed by atoms with Gasteiger partial charge in [-0.25, -0.2) is 9.37 Å². The van der Waals surface area contributed by atoms with Crippen molar-refractivity contribution in [3.63, 3.8) is 0 Å². The first kappa shape index (κ1) is 14.7. The molecule has 5 nitrogen and oxygen atoms in total. The number of likely N-dealkylation sites (N-methyl/N-ethyl adjacent to an activating group) is 1. The second kappa shape index (κ2) is 6.17. The van der Waals surface area contributed by atoms with Gasteiger partial charge in [0.25, 0.3) is 5.91 Å². The largest absolute Gasteiger partial charge is 0.371 e. The predicted molar refractivity (Wildman–Crippen MR) is 76.4 cm³/mol. The molecule has 0 saturated carbocycles. The van der Waals surface area contributed by atoms with Gasteiger partial charge >= 0.3 is 0 Å². The fourth-order valence-electron chi connectivity index (χ4n) is 2.60. The molecule has 2 rings (SSSR count). The van der Waals surface area contributed by atoms with E-state index >= 15 is 0 Å². The van der Waals surface area contributed by atoms with E-state index in [0.717, 1.165) is 13.1 Å². The van der Waals surface area contributed by atoms with Crippen LogP contribution < -0.4 is 5.32 Å². The Labute approximate surface area is 118 Å². The first-order valence-corrected chi connectivity index (χ1v) is 6.94. The van der Waals surface area contributed by atoms with Gasteiger partial charge in [0.2, 0.25) is 0 Å². The van der Waals surface area contributed by atoms with Crippen LogP contribution in [0.1, 0.15) is 24.2 Å². The van der Waals surface area contributed by atoms with Crippen molar-refractivity contribution in [1.82, 2.24) is 14.8 Å². The zero-order valence-corrected chi connectivity index (χ0v) is 12.2. The number of hydrogen-bond donors (Lipinski definition) is 1. The molecular weight excluding hydrogens is 259 g/mol. The topological polar surface area (TPSA) is 48.5 Å². The van der Waals surface area contributed by atoms with Gasteiger partial charge in [-0.15, -0.1) is 0 Å². The monoisotopic (exact) mass is 280 g/mol. The molecule has 0 aliphatic carbocycles. The molecule has 1 atom stereocenters. The molecule has 0 radical (unpaired) electrons. The van der Waals surface area contributed by atoms with E-state index in [1.165, 1.54) is 12.3 Å². The molecule has 1 unspecified atom stereocenters. The number of anilines is 1. The van der Waals surface area contributed by atoms with Crippen molar-refractivity contribution < 1.29 is 9.18 Å². The molecule has 1 fully saturated rings. The number of hydrogen-bond acceptors (Lipinski definition) is 4. The number of nitrogens with zero attached hydrogens (tertiary/aromatic N) is 3. The average molecular weight is 280 g/mol. The van der Waals surface area contributed by atoms with Gasteiger partial charge < -0.3 is 10.2 Å². The number of piperazine rings is 1. The minimum absolute atomic E-state index is 0.0847. The summed E-state index contributed by atoms with van der Waals surface area (Å²) in [6, 6.07) is 1.74. The highest BCUT2D eigenvalue weighted by Crippen LogP contribution is 2.18. The van der Waals surface area contributed by atoms with Gasteiger partial charge in [-0.3, -0.25) is 9.69 Å². The van der Waals surface area contributed by atoms with Crippen molar-refractivity contribution in [2.75, 3.05) is 38.5 Å². The van der Waals surface area contributed by atoms with Gasteiger partial charge in [-0.05, 0) is 19.5 Å². The van der Waals surface area contributed by atoms with E-state index in [0.29, 0.717) is 19.1 Å². The number of carbonyl (C=O) groups excluding carboxylic acids is 1. The lowest BCUT2D eigenvalue weighted by Gasteiger charge is -2.39. The van der Waals surface area contributed by atoms with Crippen molar-refractivity contribution in [3.8, 4) is 0 Å². The van der Waals surface area contributed by atoms with Gasteiger partial charge in [0.05, 0.1) is 5.56 Å². The van der Waals surface area contributed by atoms with Crippen molar-refractivity contribution in [3.05, 3.63) is 23.6 Å². The molecular formula is C14H21FN4O. The lowest BCUT2D eigenvalue weighted by molar-refractivity contribution is 0.0524. The second-order valence-electron chi connectivity index (χ2n) is 5.00. The molecule has 110 valence electrons. The van der Waals surface area contributed by atoms with E-state index in [9.17, 15) is 9.18 Å². The van der Waals surface area contributed by atoms with Crippen molar-refractivity contribution in [1.29, 1.82) is 0 Å². The van der Waals surface area contributed by atoms with Crippen LogP contribution >= 0.6 is 0 Å². The molecule has 0 aromatic carbocycles. The van der Waals surface area contributed by atoms with Crippen LogP contribution in [-0.2, 0) is 0 Å². The fraction of sp³-hybridized carbons (Fsp3) is 0.571. The van der Waals surface area contributed by atoms with Crippen molar-refractivity contribution >= 4 is 11.7 Å². The zero-order chi connectivity index (χ0) is 14.7. The third-order valence-corrected chi connectivity index (χ3v) is 3.81. The lowest BCUT2D eigenvalue weighted by Crippen LogP contribution is -2.53. The number of carbonyl (C=O) groups is 1. The average Bonchev–Trinajstić information content (AvgIpc) is 2.46. The van der Waals surface area contributed by atoms with Gasteiger partial charge in [-0.1, -0.05) is 6.92 Å². The Bertz CT molecular complexity index is 494. The van der Waals surface area contributed by atoms with Crippen LogP contribution in [0.2, 0.25) is 0 Å². The Balaban J connectivity index is 2.16. The minimum atomic E-state index is -0.578. The number of nitrogens with one attached hydrogen (secondary N) is 1. The van der Waals surface area contributed by atoms with E-state index in [2.05, 4.69) is 29.0 Å². The van der Waals surface area contributed by atoms with Gasteiger partial charge in [0, 0.05) is 38.9 Å². The molecule has 1 aromatic rings. The standard InChI is InChI=1S/C14H21FN4O/c1-4-18-7-8-19(9-10(18)2)14(20)11-5-6-17-13(16-3)12(11)15/h5-6,10H,4,7-9H2,1-3H3,(H,16,17). The highest BCUT2D eigenvalue weighted by Gasteiger charge is 2.28. The molecule has 1 aliphatic rings. The minimum Gasteiger partial charge on any atom is -0.371 e. The lowest BCUT2D eigenvalue weighted by atomic mass is 10.1. The predicted octanol–water partition coefficient (Wildman–Crippen LogP) is 1.43. The molecule has 6 heteroatoms. The summed E-state index contributed by atoms with van der Waals surface area (Å²) in [6.45, 7) is 7.25. The molecule has 0 bridgehead atoms. The Morgan fingerprint density at radius 2 is 2.30 bits per heavy atom. The highest BCUT2D eigenvalue weighted by molar-refractivity contribution is 5.95. The number of amides is 1. The summed E-state index contributed by atoms with van der Waals surface area (Å²) >= 11 is 0. The molecule has 1 saturated heterocycles. The van der Waals surface area contributed by atoms with Crippen LogP contribution in [-0.4, -0.2) is 60.0 Å². The maximum absolute atomic E-state index is 14.1. The Morgan fingerprint density at radius 3 is 2.90 bits per heavy atom. The number of pyridine rings is 1. The molecule has 1 aromatic heterocycles. The zero-order valence-electron chi connectivity index (χ0n) is 12.2. The third kappa shape index (κ3) is 2.75. The van der Waals surface area contributed by atoms with Crippen LogP contribution in [0.4, 0.5) is 10.2 Å². The quantitative estimate of drug-likeness (QED) is 0.910. The van der Waals surface area contributed by atoms with Gasteiger partial charge in [0.1, 0.15) is 0 Å². The Kier molecular flexibility index (Phi) is 4.54. The van der Waals surface area contributed by atoms with E-state index in [4.69, 9.17) is 0 Å². The molecule has 1 N–H and O–H groups in total. The van der Waals surface area contributed by atoms with Crippen LogP contribution in [0.3, 0.4) is 0 Å².